The Morgan fingerprint density at radius 1 is 1.13 bits per heavy atom. The van der Waals surface area contributed by atoms with Gasteiger partial charge in [-0.3, -0.25) is 9.69 Å². The van der Waals surface area contributed by atoms with Crippen LogP contribution in [0.2, 0.25) is 0 Å². The summed E-state index contributed by atoms with van der Waals surface area (Å²) in [6.45, 7) is 6.57. The summed E-state index contributed by atoms with van der Waals surface area (Å²) in [6.07, 6.45) is 1.04. The maximum Gasteiger partial charge on any atom is 0.258 e. The van der Waals surface area contributed by atoms with Crippen LogP contribution in [0.1, 0.15) is 33.9 Å². The maximum atomic E-state index is 12.5. The Balaban J connectivity index is 1.38. The van der Waals surface area contributed by atoms with Gasteiger partial charge >= 0.3 is 0 Å². The normalized spacial score (nSPS) is 14.7. The summed E-state index contributed by atoms with van der Waals surface area (Å²) >= 11 is 1.70. The number of hydrogen-bond acceptors (Lipinski definition) is 4. The van der Waals surface area contributed by atoms with Crippen LogP contribution in [0.25, 0.3) is 0 Å². The number of carbonyl (C=O) groups is 1. The molecule has 0 bridgehead atoms. The molecule has 1 atom stereocenters. The van der Waals surface area contributed by atoms with Crippen molar-refractivity contribution >= 4 is 17.2 Å². The zero-order valence-corrected chi connectivity index (χ0v) is 18.4. The van der Waals surface area contributed by atoms with Crippen molar-refractivity contribution in [3.63, 3.8) is 0 Å². The van der Waals surface area contributed by atoms with E-state index in [-0.39, 0.29) is 18.6 Å². The van der Waals surface area contributed by atoms with Crippen molar-refractivity contribution in [2.75, 3.05) is 19.7 Å². The maximum absolute atomic E-state index is 12.5. The topological polar surface area (TPSA) is 41.6 Å². The number of nitrogens with zero attached hydrogens (tertiary/aromatic N) is 1. The molecule has 1 amide bonds. The molecule has 0 radical (unpaired) electrons. The quantitative estimate of drug-likeness (QED) is 0.604. The first-order valence-electron chi connectivity index (χ1n) is 10.4. The minimum Gasteiger partial charge on any atom is -0.484 e. The van der Waals surface area contributed by atoms with E-state index in [1.54, 1.807) is 11.3 Å². The molecule has 2 aromatic carbocycles. The van der Waals surface area contributed by atoms with Gasteiger partial charge in [0.05, 0.1) is 6.04 Å². The van der Waals surface area contributed by atoms with E-state index in [1.165, 1.54) is 16.7 Å². The molecule has 0 spiro atoms. The van der Waals surface area contributed by atoms with Crippen LogP contribution in [0.15, 0.2) is 59.3 Å². The number of rotatable bonds is 7. The van der Waals surface area contributed by atoms with Crippen LogP contribution in [0.3, 0.4) is 0 Å². The number of benzene rings is 2. The summed E-state index contributed by atoms with van der Waals surface area (Å²) in [7, 11) is 0. The Kier molecular flexibility index (Phi) is 6.50. The second-order valence-electron chi connectivity index (χ2n) is 7.98. The predicted molar refractivity (Wildman–Crippen MR) is 122 cm³/mol. The first-order chi connectivity index (χ1) is 14.6. The molecule has 4 rings (SSSR count). The van der Waals surface area contributed by atoms with Gasteiger partial charge in [-0.2, -0.15) is 11.3 Å². The molecule has 1 unspecified atom stereocenters. The number of thiophene rings is 1. The number of fused-ring (bicyclic) bond motifs is 1. The van der Waals surface area contributed by atoms with Crippen LogP contribution >= 0.6 is 11.3 Å². The Morgan fingerprint density at radius 2 is 1.90 bits per heavy atom. The summed E-state index contributed by atoms with van der Waals surface area (Å²) in [6, 6.07) is 17.0. The molecule has 0 fully saturated rings. The van der Waals surface area contributed by atoms with Gasteiger partial charge in [0.15, 0.2) is 6.61 Å². The average molecular weight is 421 g/mol. The van der Waals surface area contributed by atoms with Crippen molar-refractivity contribution in [2.45, 2.75) is 32.9 Å². The van der Waals surface area contributed by atoms with E-state index in [9.17, 15) is 4.79 Å². The van der Waals surface area contributed by atoms with Crippen molar-refractivity contribution in [1.29, 1.82) is 0 Å². The van der Waals surface area contributed by atoms with Crippen LogP contribution in [0.5, 0.6) is 5.75 Å². The lowest BCUT2D eigenvalue weighted by molar-refractivity contribution is -0.123. The number of hydrogen-bond donors (Lipinski definition) is 1. The number of carbonyl (C=O) groups excluding carboxylic acids is 1. The molecule has 1 aliphatic heterocycles. The van der Waals surface area contributed by atoms with Crippen LogP contribution < -0.4 is 10.1 Å². The lowest BCUT2D eigenvalue weighted by Gasteiger charge is -2.35. The molecule has 3 aromatic rings. The molecule has 0 aliphatic carbocycles. The van der Waals surface area contributed by atoms with Crippen molar-refractivity contribution in [2.24, 2.45) is 0 Å². The monoisotopic (exact) mass is 420 g/mol. The van der Waals surface area contributed by atoms with Gasteiger partial charge in [0, 0.05) is 19.6 Å². The second-order valence-corrected chi connectivity index (χ2v) is 8.76. The first kappa shape index (κ1) is 20.6. The fourth-order valence-electron chi connectivity index (χ4n) is 4.13. The van der Waals surface area contributed by atoms with Crippen LogP contribution in [0.4, 0.5) is 0 Å². The lowest BCUT2D eigenvalue weighted by atomic mass is 9.97. The van der Waals surface area contributed by atoms with Crippen molar-refractivity contribution < 1.29 is 9.53 Å². The standard InChI is InChI=1S/C25H28N2O2S/c1-18-11-19(2)13-23(12-18)29-16-25(28)26-14-24(22-8-10-30-17-22)27-9-7-20-5-3-4-6-21(20)15-27/h3-6,8,10-13,17,24H,7,9,14-16H2,1-2H3,(H,26,28). The second kappa shape index (κ2) is 9.45. The fourth-order valence-corrected chi connectivity index (χ4v) is 4.84. The highest BCUT2D eigenvalue weighted by Crippen LogP contribution is 2.28. The van der Waals surface area contributed by atoms with E-state index in [4.69, 9.17) is 4.74 Å². The van der Waals surface area contributed by atoms with E-state index in [0.29, 0.717) is 6.54 Å². The Bertz CT molecular complexity index is 980. The molecule has 5 heteroatoms. The minimum atomic E-state index is -0.0909. The molecule has 1 aliphatic rings. The third kappa shape index (κ3) is 5.10. The number of ether oxygens (including phenoxy) is 1. The molecule has 2 heterocycles. The molecule has 0 saturated carbocycles. The van der Waals surface area contributed by atoms with Crippen molar-refractivity contribution in [1.82, 2.24) is 10.2 Å². The molecular formula is C25H28N2O2S. The minimum absolute atomic E-state index is 0.0298. The summed E-state index contributed by atoms with van der Waals surface area (Å²) in [5.41, 5.74) is 6.34. The van der Waals surface area contributed by atoms with Gasteiger partial charge in [0.2, 0.25) is 0 Å². The third-order valence-corrected chi connectivity index (χ3v) is 6.29. The highest BCUT2D eigenvalue weighted by atomic mass is 32.1. The predicted octanol–water partition coefficient (Wildman–Crippen LogP) is 4.66. The van der Waals surface area contributed by atoms with Crippen LogP contribution in [-0.2, 0) is 17.8 Å². The average Bonchev–Trinajstić information content (AvgIpc) is 3.26. The first-order valence-corrected chi connectivity index (χ1v) is 11.3. The summed E-state index contributed by atoms with van der Waals surface area (Å²) in [5.74, 6) is 0.650. The van der Waals surface area contributed by atoms with E-state index in [1.807, 2.05) is 26.0 Å². The number of amides is 1. The smallest absolute Gasteiger partial charge is 0.258 e. The molecule has 1 N–H and O–H groups in total. The number of nitrogens with one attached hydrogen (secondary N) is 1. The van der Waals surface area contributed by atoms with E-state index >= 15 is 0 Å². The molecule has 156 valence electrons. The van der Waals surface area contributed by atoms with Gasteiger partial charge in [-0.1, -0.05) is 30.3 Å². The Morgan fingerprint density at radius 3 is 2.63 bits per heavy atom. The molecule has 30 heavy (non-hydrogen) atoms. The van der Waals surface area contributed by atoms with Gasteiger partial charge in [-0.15, -0.1) is 0 Å². The van der Waals surface area contributed by atoms with E-state index < -0.39 is 0 Å². The van der Waals surface area contributed by atoms with Crippen molar-refractivity contribution in [3.05, 3.63) is 87.1 Å². The highest BCUT2D eigenvalue weighted by Gasteiger charge is 2.25. The Hall–Kier alpha value is -2.63. The fraction of sp³-hybridized carbons (Fsp3) is 0.320. The van der Waals surface area contributed by atoms with Gasteiger partial charge in [0.25, 0.3) is 5.91 Å². The zero-order chi connectivity index (χ0) is 20.9. The van der Waals surface area contributed by atoms with Gasteiger partial charge in [0.1, 0.15) is 5.75 Å². The Labute approximate surface area is 182 Å². The summed E-state index contributed by atoms with van der Waals surface area (Å²) in [4.78, 5) is 15.0. The van der Waals surface area contributed by atoms with Crippen molar-refractivity contribution in [3.8, 4) is 5.75 Å². The molecule has 0 saturated heterocycles. The van der Waals surface area contributed by atoms with Gasteiger partial charge < -0.3 is 10.1 Å². The third-order valence-electron chi connectivity index (χ3n) is 5.59. The molecule has 4 nitrogen and oxygen atoms in total. The highest BCUT2D eigenvalue weighted by molar-refractivity contribution is 7.07. The summed E-state index contributed by atoms with van der Waals surface area (Å²) in [5, 5.41) is 7.38. The van der Waals surface area contributed by atoms with E-state index in [2.05, 4.69) is 57.4 Å². The van der Waals surface area contributed by atoms with Crippen LogP contribution in [0, 0.1) is 13.8 Å². The van der Waals surface area contributed by atoms with Gasteiger partial charge in [-0.25, -0.2) is 0 Å². The van der Waals surface area contributed by atoms with Gasteiger partial charge in [-0.05, 0) is 77.0 Å². The zero-order valence-electron chi connectivity index (χ0n) is 17.6. The lowest BCUT2D eigenvalue weighted by Crippen LogP contribution is -2.41. The molecular weight excluding hydrogens is 392 g/mol. The molecule has 1 aromatic heterocycles. The SMILES string of the molecule is Cc1cc(C)cc(OCC(=O)NCC(c2ccsc2)N2CCc3ccccc3C2)c1. The number of aryl methyl sites for hydroxylation is 2. The summed E-state index contributed by atoms with van der Waals surface area (Å²) < 4.78 is 5.72. The van der Waals surface area contributed by atoms with Crippen LogP contribution in [-0.4, -0.2) is 30.5 Å². The van der Waals surface area contributed by atoms with E-state index in [0.717, 1.165) is 36.4 Å². The largest absolute Gasteiger partial charge is 0.484 e.